The second-order valence-corrected chi connectivity index (χ2v) is 6.41. The summed E-state index contributed by atoms with van der Waals surface area (Å²) in [6.45, 7) is 0. The first-order valence-corrected chi connectivity index (χ1v) is 8.84. The third kappa shape index (κ3) is 3.58. The minimum absolute atomic E-state index is 0.178. The van der Waals surface area contributed by atoms with Gasteiger partial charge in [-0.15, -0.1) is 0 Å². The molecule has 0 atom stereocenters. The highest BCUT2D eigenvalue weighted by molar-refractivity contribution is 5.80. The first-order chi connectivity index (χ1) is 14.4. The van der Waals surface area contributed by atoms with Crippen molar-refractivity contribution in [3.05, 3.63) is 110 Å². The molecule has 0 fully saturated rings. The summed E-state index contributed by atoms with van der Waals surface area (Å²) >= 11 is 0. The van der Waals surface area contributed by atoms with E-state index in [1.807, 2.05) is 0 Å². The Kier molecular flexibility index (Phi) is 4.89. The molecule has 4 rings (SSSR count). The van der Waals surface area contributed by atoms with Gasteiger partial charge in [-0.3, -0.25) is 19.5 Å². The summed E-state index contributed by atoms with van der Waals surface area (Å²) in [6, 6.07) is 15.7. The van der Waals surface area contributed by atoms with Gasteiger partial charge in [-0.1, -0.05) is 30.3 Å². The van der Waals surface area contributed by atoms with Crippen LogP contribution in [-0.4, -0.2) is 14.5 Å². The van der Waals surface area contributed by atoms with Gasteiger partial charge in [0.25, 0.3) is 11.2 Å². The number of fused-ring (bicyclic) bond motifs is 1. The van der Waals surface area contributed by atoms with Crippen molar-refractivity contribution in [2.75, 3.05) is 0 Å². The van der Waals surface area contributed by atoms with Gasteiger partial charge in [-0.25, -0.2) is 13.8 Å². The monoisotopic (exact) mass is 405 g/mol. The first kappa shape index (κ1) is 19.1. The Hall–Kier alpha value is -4.20. The van der Waals surface area contributed by atoms with Gasteiger partial charge < -0.3 is 0 Å². The molecular formula is C22H13F2N3O3. The third-order valence-electron chi connectivity index (χ3n) is 4.47. The maximum atomic E-state index is 13.5. The Labute approximate surface area is 168 Å². The van der Waals surface area contributed by atoms with Crippen LogP contribution in [0, 0.1) is 21.7 Å². The van der Waals surface area contributed by atoms with Gasteiger partial charge in [0.2, 0.25) is 0 Å². The molecular weight excluding hydrogens is 392 g/mol. The largest absolute Gasteiger partial charge is 0.271 e. The number of hydrogen-bond acceptors (Lipinski definition) is 4. The molecule has 8 heteroatoms. The Morgan fingerprint density at radius 3 is 2.50 bits per heavy atom. The van der Waals surface area contributed by atoms with E-state index in [1.165, 1.54) is 41.0 Å². The van der Waals surface area contributed by atoms with Gasteiger partial charge >= 0.3 is 0 Å². The van der Waals surface area contributed by atoms with Gasteiger partial charge in [0.15, 0.2) is 11.6 Å². The van der Waals surface area contributed by atoms with Crippen LogP contribution in [0.3, 0.4) is 0 Å². The smallest absolute Gasteiger partial charge is 0.268 e. The van der Waals surface area contributed by atoms with E-state index >= 15 is 0 Å². The molecule has 0 bridgehead atoms. The number of nitro groups is 1. The number of nitro benzene ring substituents is 1. The molecule has 1 aromatic heterocycles. The molecule has 0 aliphatic carbocycles. The first-order valence-electron chi connectivity index (χ1n) is 8.84. The predicted octanol–water partition coefficient (Wildman–Crippen LogP) is 4.74. The Bertz CT molecular complexity index is 1380. The van der Waals surface area contributed by atoms with Gasteiger partial charge in [0.05, 0.1) is 21.5 Å². The summed E-state index contributed by atoms with van der Waals surface area (Å²) < 4.78 is 27.9. The van der Waals surface area contributed by atoms with Crippen LogP contribution >= 0.6 is 0 Å². The van der Waals surface area contributed by atoms with Crippen LogP contribution in [-0.2, 0) is 0 Å². The number of non-ortho nitro benzene ring substituents is 1. The molecule has 0 radical (unpaired) electrons. The van der Waals surface area contributed by atoms with Crippen molar-refractivity contribution < 1.29 is 13.7 Å². The Morgan fingerprint density at radius 2 is 1.73 bits per heavy atom. The van der Waals surface area contributed by atoms with E-state index in [0.717, 1.165) is 12.1 Å². The molecule has 148 valence electrons. The zero-order chi connectivity index (χ0) is 21.3. The fourth-order valence-corrected chi connectivity index (χ4v) is 3.04. The fraction of sp³-hybridized carbons (Fsp3) is 0. The minimum Gasteiger partial charge on any atom is -0.268 e. The molecule has 0 aliphatic rings. The highest BCUT2D eigenvalue weighted by atomic mass is 19.2. The molecule has 0 spiro atoms. The van der Waals surface area contributed by atoms with Crippen LogP contribution < -0.4 is 5.56 Å². The lowest BCUT2D eigenvalue weighted by molar-refractivity contribution is -0.384. The lowest BCUT2D eigenvalue weighted by atomic mass is 10.2. The summed E-state index contributed by atoms with van der Waals surface area (Å²) in [7, 11) is 0. The van der Waals surface area contributed by atoms with Crippen molar-refractivity contribution in [1.29, 1.82) is 0 Å². The van der Waals surface area contributed by atoms with E-state index in [0.29, 0.717) is 16.5 Å². The molecule has 0 N–H and O–H groups in total. The van der Waals surface area contributed by atoms with Crippen molar-refractivity contribution in [3.8, 4) is 5.69 Å². The van der Waals surface area contributed by atoms with Crippen LogP contribution in [0.1, 0.15) is 11.4 Å². The molecule has 3 aromatic carbocycles. The van der Waals surface area contributed by atoms with Crippen LogP contribution in [0.25, 0.3) is 28.7 Å². The zero-order valence-corrected chi connectivity index (χ0v) is 15.3. The Balaban J connectivity index is 1.93. The molecule has 6 nitrogen and oxygen atoms in total. The number of nitrogens with zero attached hydrogens (tertiary/aromatic N) is 3. The number of halogens is 2. The number of rotatable bonds is 4. The zero-order valence-electron chi connectivity index (χ0n) is 15.3. The second-order valence-electron chi connectivity index (χ2n) is 6.41. The van der Waals surface area contributed by atoms with Crippen LogP contribution in [0.2, 0.25) is 0 Å². The summed E-state index contributed by atoms with van der Waals surface area (Å²) in [6.07, 6.45) is 2.95. The van der Waals surface area contributed by atoms with E-state index in [9.17, 15) is 23.7 Å². The van der Waals surface area contributed by atoms with Gasteiger partial charge in [0.1, 0.15) is 5.82 Å². The number of hydrogen-bond donors (Lipinski definition) is 0. The molecule has 1 heterocycles. The van der Waals surface area contributed by atoms with E-state index in [1.54, 1.807) is 30.3 Å². The van der Waals surface area contributed by atoms with E-state index in [2.05, 4.69) is 4.98 Å². The number of benzene rings is 3. The summed E-state index contributed by atoms with van der Waals surface area (Å²) in [5.41, 5.74) is 0.475. The highest BCUT2D eigenvalue weighted by Crippen LogP contribution is 2.20. The van der Waals surface area contributed by atoms with Gasteiger partial charge in [0, 0.05) is 12.1 Å². The predicted molar refractivity (Wildman–Crippen MR) is 109 cm³/mol. The molecule has 0 saturated carbocycles. The maximum Gasteiger partial charge on any atom is 0.271 e. The van der Waals surface area contributed by atoms with Crippen molar-refractivity contribution in [3.63, 3.8) is 0 Å². The standard InChI is InChI=1S/C22H13F2N3O3/c23-18-10-8-14(12-19(18)24)9-11-21-25-20-7-2-1-6-17(20)22(28)26(21)15-4-3-5-16(13-15)27(29)30/h1-13H/b11-9-. The molecule has 4 aromatic rings. The average Bonchev–Trinajstić information content (AvgIpc) is 2.75. The van der Waals surface area contributed by atoms with E-state index in [4.69, 9.17) is 0 Å². The number of aromatic nitrogens is 2. The lowest BCUT2D eigenvalue weighted by Gasteiger charge is -2.11. The lowest BCUT2D eigenvalue weighted by Crippen LogP contribution is -2.22. The fourth-order valence-electron chi connectivity index (χ4n) is 3.04. The highest BCUT2D eigenvalue weighted by Gasteiger charge is 2.14. The topological polar surface area (TPSA) is 78.0 Å². The second kappa shape index (κ2) is 7.67. The quantitative estimate of drug-likeness (QED) is 0.363. The maximum absolute atomic E-state index is 13.5. The molecule has 0 aliphatic heterocycles. The van der Waals surface area contributed by atoms with Crippen molar-refractivity contribution >= 4 is 28.7 Å². The van der Waals surface area contributed by atoms with E-state index in [-0.39, 0.29) is 17.2 Å². The number of para-hydroxylation sites is 1. The normalized spacial score (nSPS) is 11.3. The van der Waals surface area contributed by atoms with Crippen molar-refractivity contribution in [2.45, 2.75) is 0 Å². The van der Waals surface area contributed by atoms with Crippen LogP contribution in [0.4, 0.5) is 14.5 Å². The summed E-state index contributed by atoms with van der Waals surface area (Å²) in [5, 5.41) is 11.5. The van der Waals surface area contributed by atoms with Crippen molar-refractivity contribution in [1.82, 2.24) is 9.55 Å². The van der Waals surface area contributed by atoms with Gasteiger partial charge in [-0.05, 0) is 42.0 Å². The molecule has 0 saturated heterocycles. The van der Waals surface area contributed by atoms with E-state index < -0.39 is 22.1 Å². The summed E-state index contributed by atoms with van der Waals surface area (Å²) in [4.78, 5) is 28.2. The van der Waals surface area contributed by atoms with Gasteiger partial charge in [-0.2, -0.15) is 0 Å². The third-order valence-corrected chi connectivity index (χ3v) is 4.47. The van der Waals surface area contributed by atoms with Crippen LogP contribution in [0.15, 0.2) is 71.5 Å². The minimum atomic E-state index is -1.00. The summed E-state index contributed by atoms with van der Waals surface area (Å²) in [5.74, 6) is -1.78. The van der Waals surface area contributed by atoms with Crippen molar-refractivity contribution in [2.24, 2.45) is 0 Å². The molecule has 0 unspecified atom stereocenters. The molecule has 0 amide bonds. The average molecular weight is 405 g/mol. The SMILES string of the molecule is O=c1c2ccccc2nc(/C=C\c2ccc(F)c(F)c2)n1-c1cccc([N+](=O)[O-])c1. The molecule has 30 heavy (non-hydrogen) atoms. The van der Waals surface area contributed by atoms with Crippen LogP contribution in [0.5, 0.6) is 0 Å². The Morgan fingerprint density at radius 1 is 0.933 bits per heavy atom.